The van der Waals surface area contributed by atoms with Gasteiger partial charge in [-0.2, -0.15) is 7.82 Å². The van der Waals surface area contributed by atoms with Crippen molar-refractivity contribution in [1.29, 1.82) is 0 Å². The van der Waals surface area contributed by atoms with Crippen LogP contribution in [0.4, 0.5) is 0 Å². The van der Waals surface area contributed by atoms with E-state index >= 15 is 0 Å². The molecule has 11 heavy (non-hydrogen) atoms. The number of rotatable bonds is 0. The number of phosphoric acid groups is 1. The molecule has 0 rings (SSSR count). The van der Waals surface area contributed by atoms with Crippen LogP contribution < -0.4 is 33.5 Å². The van der Waals surface area contributed by atoms with Crippen LogP contribution in [0.1, 0.15) is 0 Å². The summed E-state index contributed by atoms with van der Waals surface area (Å²) in [4.78, 5) is 25.6. The molecule has 0 unspecified atom stereocenters. The molecule has 11 heteroatoms. The van der Waals surface area contributed by atoms with Crippen LogP contribution in [0.3, 0.4) is 0 Å². The third-order valence-electron chi connectivity index (χ3n) is 0. The van der Waals surface area contributed by atoms with Crippen molar-refractivity contribution in [1.82, 2.24) is 0 Å². The van der Waals surface area contributed by atoms with Gasteiger partial charge in [0.05, 0.1) is 0 Å². The molecule has 0 atom stereocenters. The first kappa shape index (κ1) is 37.4. The molecular formula is CoFeLiMnNiO5P+4. The number of hydrogen-bond donors (Lipinski definition) is 0. The molecule has 0 fully saturated rings. The summed E-state index contributed by atoms with van der Waals surface area (Å²) >= 11 is 2.31. The predicted molar refractivity (Wildman–Crippen MR) is 8.29 cm³/mol. The van der Waals surface area contributed by atoms with E-state index < -0.39 is 7.82 Å². The summed E-state index contributed by atoms with van der Waals surface area (Å²) in [7, 11) is -5.39. The molecule has 0 aromatic carbocycles. The zero-order chi connectivity index (χ0) is 6.50. The first-order chi connectivity index (χ1) is 3.00. The summed E-state index contributed by atoms with van der Waals surface area (Å²) in [6, 6.07) is 0. The quantitative estimate of drug-likeness (QED) is 0.321. The van der Waals surface area contributed by atoms with Gasteiger partial charge in [-0.05, 0) is 0 Å². The van der Waals surface area contributed by atoms with E-state index in [1.54, 1.807) is 0 Å². The van der Waals surface area contributed by atoms with Gasteiger partial charge in [-0.1, -0.05) is 0 Å². The summed E-state index contributed by atoms with van der Waals surface area (Å²) in [5.41, 5.74) is 0. The van der Waals surface area contributed by atoms with E-state index in [9.17, 15) is 0 Å². The summed E-state index contributed by atoms with van der Waals surface area (Å²) in [6.07, 6.45) is 0. The minimum absolute atomic E-state index is 0. The molecular weight excluding hydrogens is 346 g/mol. The van der Waals surface area contributed by atoms with Crippen LogP contribution in [0, 0.1) is 0 Å². The van der Waals surface area contributed by atoms with Crippen LogP contribution in [-0.4, -0.2) is 0 Å². The van der Waals surface area contributed by atoms with Gasteiger partial charge in [0.2, 0.25) is 0 Å². The Morgan fingerprint density at radius 3 is 1.09 bits per heavy atom. The topological polar surface area (TPSA) is 103 Å². The Hall–Kier alpha value is 2.55. The van der Waals surface area contributed by atoms with Crippen LogP contribution in [0.15, 0.2) is 0 Å². The molecule has 0 spiro atoms. The van der Waals surface area contributed by atoms with Gasteiger partial charge < -0.3 is 19.2 Å². The van der Waals surface area contributed by atoms with Crippen molar-refractivity contribution >= 4 is 7.82 Å². The zero-order valence-corrected chi connectivity index (χ0v) is 10.1. The fraction of sp³-hybridized carbons (Fsp3) is 0. The SMILES string of the molecule is O=P([O-])([O-])[O-].[Fe+2].[Li+].[Mn+2].[Ni+2].[O]=[Co]. The van der Waals surface area contributed by atoms with Gasteiger partial charge in [0.15, 0.2) is 0 Å². The van der Waals surface area contributed by atoms with Crippen molar-refractivity contribution in [2.45, 2.75) is 0 Å². The summed E-state index contributed by atoms with van der Waals surface area (Å²) < 4.78 is 16.5. The van der Waals surface area contributed by atoms with Gasteiger partial charge in [0.25, 0.3) is 0 Å². The van der Waals surface area contributed by atoms with E-state index in [2.05, 4.69) is 15.7 Å². The average molecular weight is 346 g/mol. The van der Waals surface area contributed by atoms with Crippen molar-refractivity contribution in [3.8, 4) is 0 Å². The van der Waals surface area contributed by atoms with E-state index in [1.165, 1.54) is 0 Å². The fourth-order valence-electron chi connectivity index (χ4n) is 0. The average Bonchev–Trinajstić information content (AvgIpc) is 1.36. The molecule has 0 saturated carbocycles. The van der Waals surface area contributed by atoms with Crippen LogP contribution in [-0.2, 0) is 74.7 Å². The fourth-order valence-corrected chi connectivity index (χ4v) is 0. The maximum atomic E-state index is 8.55. The van der Waals surface area contributed by atoms with Crippen LogP contribution in [0.25, 0.3) is 0 Å². The minimum atomic E-state index is -5.39. The normalized spacial score (nSPS) is 5.82. The Bertz CT molecular complexity index is 82.3. The molecule has 5 nitrogen and oxygen atoms in total. The Morgan fingerprint density at radius 1 is 1.09 bits per heavy atom. The monoisotopic (exact) mass is 346 g/mol. The molecule has 0 aliphatic rings. The third-order valence-corrected chi connectivity index (χ3v) is 0. The summed E-state index contributed by atoms with van der Waals surface area (Å²) in [5.74, 6) is 0. The van der Waals surface area contributed by atoms with Crippen LogP contribution >= 0.6 is 7.82 Å². The first-order valence-corrected chi connectivity index (χ1v) is 2.75. The van der Waals surface area contributed by atoms with Gasteiger partial charge in [-0.15, -0.1) is 0 Å². The van der Waals surface area contributed by atoms with Crippen molar-refractivity contribution < 1.29 is 108 Å². The molecule has 66 valence electrons. The number of hydrogen-bond acceptors (Lipinski definition) is 5. The van der Waals surface area contributed by atoms with Crippen molar-refractivity contribution in [2.75, 3.05) is 0 Å². The molecule has 0 aliphatic carbocycles. The van der Waals surface area contributed by atoms with E-state index in [1.807, 2.05) is 0 Å². The van der Waals surface area contributed by atoms with Gasteiger partial charge in [-0.25, -0.2) is 0 Å². The third kappa shape index (κ3) is 215. The summed E-state index contributed by atoms with van der Waals surface area (Å²) in [5, 5.41) is 0. The standard InChI is InChI=1S/Co.Fe.Li.Mn.Ni.H3O4P.O/c;;;;;1-5(2,3)4;/h;;;;;(H3,1,2,3,4);/q;+2;+1;2*+2;;/p-3. The molecule has 0 N–H and O–H groups in total. The van der Waals surface area contributed by atoms with Gasteiger partial charge >= 0.3 is 89.0 Å². The Kier molecular flexibility index (Phi) is 78.0. The summed E-state index contributed by atoms with van der Waals surface area (Å²) in [6.45, 7) is 0. The maximum absolute atomic E-state index is 8.55. The van der Waals surface area contributed by atoms with E-state index in [0.29, 0.717) is 0 Å². The molecule has 0 aromatic rings. The second kappa shape index (κ2) is 22.9. The second-order valence-electron chi connectivity index (χ2n) is 0.447. The molecule has 0 bridgehead atoms. The Morgan fingerprint density at radius 2 is 1.09 bits per heavy atom. The molecule has 0 amide bonds. The molecule has 1 radical (unpaired) electrons. The van der Waals surface area contributed by atoms with E-state index in [0.717, 1.165) is 0 Å². The molecule has 0 saturated heterocycles. The van der Waals surface area contributed by atoms with E-state index in [4.69, 9.17) is 23.1 Å². The van der Waals surface area contributed by atoms with Crippen molar-refractivity contribution in [2.24, 2.45) is 0 Å². The van der Waals surface area contributed by atoms with Crippen molar-refractivity contribution in [3.05, 3.63) is 0 Å². The van der Waals surface area contributed by atoms with Gasteiger partial charge in [-0.3, -0.25) is 0 Å². The predicted octanol–water partition coefficient (Wildman–Crippen LogP) is -5.95. The van der Waals surface area contributed by atoms with Gasteiger partial charge in [0.1, 0.15) is 0 Å². The van der Waals surface area contributed by atoms with E-state index in [-0.39, 0.29) is 69.5 Å². The first-order valence-electron chi connectivity index (χ1n) is 0.866. The van der Waals surface area contributed by atoms with Crippen molar-refractivity contribution in [3.63, 3.8) is 0 Å². The molecule has 0 heterocycles. The zero-order valence-electron chi connectivity index (χ0n) is 4.87. The second-order valence-corrected chi connectivity index (χ2v) is 1.34. The molecule has 0 aromatic heterocycles. The van der Waals surface area contributed by atoms with Crippen LogP contribution in [0.5, 0.6) is 0 Å². The van der Waals surface area contributed by atoms with Crippen LogP contribution in [0.2, 0.25) is 0 Å². The molecule has 0 aliphatic heterocycles. The Labute approximate surface area is 115 Å². The van der Waals surface area contributed by atoms with Gasteiger partial charge in [0, 0.05) is 0 Å². The Balaban J connectivity index is -0.00000000972.